The maximum absolute atomic E-state index is 6.10. The minimum atomic E-state index is 0.537. The van der Waals surface area contributed by atoms with Crippen LogP contribution in [0, 0.1) is 0 Å². The molecule has 0 bridgehead atoms. The van der Waals surface area contributed by atoms with Gasteiger partial charge in [0.15, 0.2) is 0 Å². The third kappa shape index (κ3) is 3.33. The summed E-state index contributed by atoms with van der Waals surface area (Å²) in [5, 5.41) is 5.06. The lowest BCUT2D eigenvalue weighted by atomic mass is 10.3. The molecule has 26 heavy (non-hydrogen) atoms. The molecule has 2 N–H and O–H groups in total. The van der Waals surface area contributed by atoms with Crippen molar-refractivity contribution in [2.24, 2.45) is 10.7 Å². The second kappa shape index (κ2) is 7.27. The van der Waals surface area contributed by atoms with Gasteiger partial charge in [-0.15, -0.1) is 11.3 Å². The van der Waals surface area contributed by atoms with E-state index < -0.39 is 0 Å². The molecule has 6 nitrogen and oxygen atoms in total. The van der Waals surface area contributed by atoms with Gasteiger partial charge in [0.1, 0.15) is 12.2 Å². The van der Waals surface area contributed by atoms with Crippen molar-refractivity contribution in [1.82, 2.24) is 14.6 Å². The van der Waals surface area contributed by atoms with Gasteiger partial charge >= 0.3 is 0 Å². The summed E-state index contributed by atoms with van der Waals surface area (Å²) in [4.78, 5) is 14.4. The molecule has 0 aliphatic rings. The highest BCUT2D eigenvalue weighted by molar-refractivity contribution is 7.22. The number of fused-ring (bicyclic) bond motifs is 1. The van der Waals surface area contributed by atoms with Crippen LogP contribution >= 0.6 is 22.7 Å². The Balaban J connectivity index is 1.68. The lowest BCUT2D eigenvalue weighted by Gasteiger charge is -2.21. The van der Waals surface area contributed by atoms with Crippen LogP contribution in [0.25, 0.3) is 10.2 Å². The normalized spacial score (nSPS) is 12.0. The zero-order valence-corrected chi connectivity index (χ0v) is 15.9. The van der Waals surface area contributed by atoms with Gasteiger partial charge in [0.25, 0.3) is 0 Å². The van der Waals surface area contributed by atoms with Gasteiger partial charge in [-0.2, -0.15) is 0 Å². The van der Waals surface area contributed by atoms with Crippen LogP contribution in [0.15, 0.2) is 59.4 Å². The van der Waals surface area contributed by atoms with Gasteiger partial charge in [0.2, 0.25) is 5.13 Å². The number of hydrogen-bond acceptors (Lipinski definition) is 6. The molecule has 132 valence electrons. The van der Waals surface area contributed by atoms with E-state index in [-0.39, 0.29) is 0 Å². The van der Waals surface area contributed by atoms with Crippen molar-refractivity contribution >= 4 is 49.5 Å². The molecule has 3 heterocycles. The summed E-state index contributed by atoms with van der Waals surface area (Å²) >= 11 is 3.23. The quantitative estimate of drug-likeness (QED) is 0.399. The number of aromatic nitrogens is 3. The van der Waals surface area contributed by atoms with Crippen molar-refractivity contribution in [1.29, 1.82) is 0 Å². The molecule has 0 radical (unpaired) electrons. The Kier molecular flexibility index (Phi) is 4.68. The van der Waals surface area contributed by atoms with E-state index in [9.17, 15) is 0 Å². The minimum absolute atomic E-state index is 0.537. The van der Waals surface area contributed by atoms with E-state index in [1.807, 2.05) is 46.6 Å². The van der Waals surface area contributed by atoms with Gasteiger partial charge in [-0.25, -0.2) is 19.6 Å². The summed E-state index contributed by atoms with van der Waals surface area (Å²) in [6, 6.07) is 9.93. The largest absolute Gasteiger partial charge is 0.383 e. The SMILES string of the molecule is CCCN(c1nc2ccc(N=C(N)c3cccs3)cc2s1)n1ccnc1. The predicted octanol–water partition coefficient (Wildman–Crippen LogP) is 4.27. The maximum atomic E-state index is 6.10. The molecular weight excluding hydrogens is 364 g/mol. The van der Waals surface area contributed by atoms with Gasteiger partial charge in [0.05, 0.1) is 20.8 Å². The Morgan fingerprint density at radius 3 is 3.00 bits per heavy atom. The summed E-state index contributed by atoms with van der Waals surface area (Å²) in [6.45, 7) is 3.02. The number of thiazole rings is 1. The summed E-state index contributed by atoms with van der Waals surface area (Å²) in [5.74, 6) is 0.537. The number of nitrogens with zero attached hydrogens (tertiary/aromatic N) is 5. The van der Waals surface area contributed by atoms with Crippen LogP contribution in [0.3, 0.4) is 0 Å². The molecule has 4 rings (SSSR count). The highest BCUT2D eigenvalue weighted by Crippen LogP contribution is 2.32. The van der Waals surface area contributed by atoms with Gasteiger partial charge in [0, 0.05) is 18.9 Å². The van der Waals surface area contributed by atoms with Crippen molar-refractivity contribution in [2.45, 2.75) is 13.3 Å². The zero-order valence-electron chi connectivity index (χ0n) is 14.2. The van der Waals surface area contributed by atoms with E-state index in [2.05, 4.69) is 21.9 Å². The van der Waals surface area contributed by atoms with Gasteiger partial charge in [-0.3, -0.25) is 5.01 Å². The third-order valence-electron chi connectivity index (χ3n) is 3.81. The Labute approximate surface area is 159 Å². The van der Waals surface area contributed by atoms with E-state index in [0.29, 0.717) is 5.84 Å². The van der Waals surface area contributed by atoms with Crippen LogP contribution in [0.4, 0.5) is 10.8 Å². The Hall–Kier alpha value is -2.71. The second-order valence-corrected chi connectivity index (χ2v) is 7.65. The molecule has 0 saturated heterocycles. The van der Waals surface area contributed by atoms with Crippen LogP contribution < -0.4 is 10.7 Å². The lowest BCUT2D eigenvalue weighted by molar-refractivity contribution is 0.673. The molecule has 0 saturated carbocycles. The number of benzene rings is 1. The van der Waals surface area contributed by atoms with Crippen LogP contribution in [0.5, 0.6) is 0 Å². The van der Waals surface area contributed by atoms with Gasteiger partial charge in [-0.1, -0.05) is 24.3 Å². The highest BCUT2D eigenvalue weighted by atomic mass is 32.1. The second-order valence-electron chi connectivity index (χ2n) is 5.69. The number of nitrogens with two attached hydrogens (primary N) is 1. The molecule has 0 fully saturated rings. The monoisotopic (exact) mass is 382 g/mol. The molecule has 1 aromatic carbocycles. The molecule has 0 spiro atoms. The topological polar surface area (TPSA) is 72.3 Å². The van der Waals surface area contributed by atoms with E-state index >= 15 is 0 Å². The number of anilines is 1. The Morgan fingerprint density at radius 1 is 1.35 bits per heavy atom. The molecule has 0 amide bonds. The molecule has 4 aromatic rings. The first-order chi connectivity index (χ1) is 12.7. The Bertz CT molecular complexity index is 1020. The first-order valence-electron chi connectivity index (χ1n) is 8.29. The van der Waals surface area contributed by atoms with Crippen LogP contribution in [0.1, 0.15) is 18.2 Å². The van der Waals surface area contributed by atoms with E-state index in [1.165, 1.54) is 0 Å². The number of amidine groups is 1. The molecular formula is C18H18N6S2. The van der Waals surface area contributed by atoms with Crippen molar-refractivity contribution in [3.63, 3.8) is 0 Å². The Morgan fingerprint density at radius 2 is 2.27 bits per heavy atom. The summed E-state index contributed by atoms with van der Waals surface area (Å²) in [7, 11) is 0. The first-order valence-corrected chi connectivity index (χ1v) is 9.98. The standard InChI is InChI=1S/C18H18N6S2/c1-2-8-24(23-9-7-20-12-23)18-22-14-6-5-13(11-16(14)26-18)21-17(19)15-4-3-10-25-15/h3-7,9-12H,2,8H2,1H3,(H2,19,21). The number of hydrogen-bond donors (Lipinski definition) is 1. The van der Waals surface area contributed by atoms with Crippen LogP contribution in [-0.2, 0) is 0 Å². The molecule has 8 heteroatoms. The minimum Gasteiger partial charge on any atom is -0.383 e. The molecule has 3 aromatic heterocycles. The van der Waals surface area contributed by atoms with Gasteiger partial charge < -0.3 is 5.73 Å². The van der Waals surface area contributed by atoms with Crippen molar-refractivity contribution in [3.05, 3.63) is 59.3 Å². The fraction of sp³-hybridized carbons (Fsp3) is 0.167. The number of rotatable bonds is 6. The molecule has 0 atom stereocenters. The maximum Gasteiger partial charge on any atom is 0.205 e. The summed E-state index contributed by atoms with van der Waals surface area (Å²) in [6.07, 6.45) is 6.51. The zero-order chi connectivity index (χ0) is 17.9. The third-order valence-corrected chi connectivity index (χ3v) is 5.73. The fourth-order valence-electron chi connectivity index (χ4n) is 2.62. The van der Waals surface area contributed by atoms with Crippen molar-refractivity contribution in [3.8, 4) is 0 Å². The highest BCUT2D eigenvalue weighted by Gasteiger charge is 2.13. The summed E-state index contributed by atoms with van der Waals surface area (Å²) < 4.78 is 3.05. The van der Waals surface area contributed by atoms with Crippen molar-refractivity contribution in [2.75, 3.05) is 11.6 Å². The predicted molar refractivity (Wildman–Crippen MR) is 110 cm³/mol. The number of imidazole rings is 1. The van der Waals surface area contributed by atoms with Crippen molar-refractivity contribution < 1.29 is 0 Å². The summed E-state index contributed by atoms with van der Waals surface area (Å²) in [5.41, 5.74) is 7.90. The van der Waals surface area contributed by atoms with Gasteiger partial charge in [-0.05, 0) is 36.1 Å². The van der Waals surface area contributed by atoms with E-state index in [4.69, 9.17) is 10.7 Å². The average Bonchev–Trinajstić information content (AvgIpc) is 3.40. The first kappa shape index (κ1) is 16.7. The number of thiophene rings is 1. The lowest BCUT2D eigenvalue weighted by Crippen LogP contribution is -2.28. The van der Waals surface area contributed by atoms with E-state index in [1.54, 1.807) is 35.2 Å². The molecule has 0 aliphatic heterocycles. The van der Waals surface area contributed by atoms with Crippen LogP contribution in [0.2, 0.25) is 0 Å². The molecule has 0 unspecified atom stereocenters. The average molecular weight is 383 g/mol. The van der Waals surface area contributed by atoms with Crippen LogP contribution in [-0.4, -0.2) is 27.0 Å². The van der Waals surface area contributed by atoms with E-state index in [0.717, 1.165) is 38.9 Å². The number of aliphatic imine (C=N–C) groups is 1. The smallest absolute Gasteiger partial charge is 0.205 e. The fourth-order valence-corrected chi connectivity index (χ4v) is 4.27. The molecule has 0 aliphatic carbocycles.